The summed E-state index contributed by atoms with van der Waals surface area (Å²) in [5.74, 6) is -0.724. The minimum atomic E-state index is -4.01. The Balaban J connectivity index is 1.73. The van der Waals surface area contributed by atoms with Crippen molar-refractivity contribution in [2.75, 3.05) is 13.2 Å². The lowest BCUT2D eigenvalue weighted by Gasteiger charge is -2.18. The van der Waals surface area contributed by atoms with E-state index in [1.54, 1.807) is 38.1 Å². The molecular weight excluding hydrogens is 596 g/mol. The Morgan fingerprint density at radius 1 is 1.03 bits per heavy atom. The molecule has 2 aromatic carbocycles. The lowest BCUT2D eigenvalue weighted by molar-refractivity contribution is 0.227. The van der Waals surface area contributed by atoms with E-state index in [1.165, 1.54) is 16.7 Å². The van der Waals surface area contributed by atoms with Crippen molar-refractivity contribution >= 4 is 76.4 Å². The summed E-state index contributed by atoms with van der Waals surface area (Å²) in [6.07, 6.45) is 0. The second kappa shape index (κ2) is 12.2. The van der Waals surface area contributed by atoms with Crippen molar-refractivity contribution in [1.29, 1.82) is 5.26 Å². The van der Waals surface area contributed by atoms with Gasteiger partial charge in [0, 0.05) is 16.1 Å². The molecule has 0 N–H and O–H groups in total. The van der Waals surface area contributed by atoms with Crippen LogP contribution in [0.2, 0.25) is 10.0 Å². The average molecular weight is 616 g/mol. The third kappa shape index (κ3) is 5.95. The van der Waals surface area contributed by atoms with Crippen LogP contribution in [0.4, 0.5) is 0 Å². The summed E-state index contributed by atoms with van der Waals surface area (Å²) >= 11 is 14.1. The molecular formula is C23H20Cl2N3O7PS2. The molecule has 0 atom stereocenters. The van der Waals surface area contributed by atoms with E-state index in [1.807, 2.05) is 6.07 Å². The number of thioether (sulfide) groups is 2. The number of nitrogens with zero attached hydrogens (tertiary/aromatic N) is 3. The first-order valence-electron chi connectivity index (χ1n) is 11.1. The monoisotopic (exact) mass is 615 g/mol. The van der Waals surface area contributed by atoms with Crippen LogP contribution in [0.15, 0.2) is 64.5 Å². The molecule has 0 saturated heterocycles. The summed E-state index contributed by atoms with van der Waals surface area (Å²) in [4.78, 5) is 25.4. The summed E-state index contributed by atoms with van der Waals surface area (Å²) in [6.45, 7) is 3.31. The quantitative estimate of drug-likeness (QED) is 0.130. The summed E-state index contributed by atoms with van der Waals surface area (Å²) < 4.78 is 37.9. The number of fused-ring (bicyclic) bond motifs is 2. The molecule has 10 nitrogen and oxygen atoms in total. The van der Waals surface area contributed by atoms with Gasteiger partial charge in [-0.1, -0.05) is 46.7 Å². The number of oxazole rings is 1. The van der Waals surface area contributed by atoms with Gasteiger partial charge in [0.1, 0.15) is 11.9 Å². The van der Waals surface area contributed by atoms with Crippen molar-refractivity contribution < 1.29 is 22.6 Å². The number of aromatic nitrogens is 2. The number of rotatable bonds is 11. The molecule has 0 unspecified atom stereocenters. The van der Waals surface area contributed by atoms with Crippen LogP contribution in [-0.4, -0.2) is 22.5 Å². The lowest BCUT2D eigenvalue weighted by Crippen LogP contribution is -2.14. The SMILES string of the molecule is CCOP(=O)(OCC)/C(C#N)=C(\SCn1oc2ccc(Cl)cc2c1=O)SCn1c(=O)oc2cc(Cl)ccc21. The zero-order valence-electron chi connectivity index (χ0n) is 20.0. The fraction of sp³-hybridized carbons (Fsp3) is 0.261. The van der Waals surface area contributed by atoms with Crippen molar-refractivity contribution in [1.82, 2.24) is 9.31 Å². The third-order valence-electron chi connectivity index (χ3n) is 5.05. The van der Waals surface area contributed by atoms with Gasteiger partial charge in [-0.15, -0.1) is 0 Å². The third-order valence-corrected chi connectivity index (χ3v) is 10.3. The van der Waals surface area contributed by atoms with E-state index in [-0.39, 0.29) is 34.5 Å². The van der Waals surface area contributed by atoms with Crippen LogP contribution in [0.25, 0.3) is 22.1 Å². The van der Waals surface area contributed by atoms with E-state index in [2.05, 4.69) is 0 Å². The van der Waals surface area contributed by atoms with Crippen molar-refractivity contribution in [2.24, 2.45) is 0 Å². The van der Waals surface area contributed by atoms with E-state index in [0.29, 0.717) is 32.1 Å². The molecule has 4 aromatic rings. The van der Waals surface area contributed by atoms with Gasteiger partial charge in [0.05, 0.1) is 34.2 Å². The molecule has 2 heterocycles. The first kappa shape index (κ1) is 28.6. The molecule has 0 bridgehead atoms. The topological polar surface area (TPSA) is 130 Å². The van der Waals surface area contributed by atoms with Crippen LogP contribution in [0.3, 0.4) is 0 Å². The standard InChI is InChI=1S/C23H20Cl2N3O7PS2/c1-3-32-36(31,33-4-2)20(11-26)22(37-12-27-17-7-5-15(25)10-19(17)34-23(27)30)38-13-28-21(29)16-9-14(24)6-8-18(16)35-28/h5-10H,3-4,12-13H2,1-2H3/b22-20-. The lowest BCUT2D eigenvalue weighted by atomic mass is 10.3. The number of hydrogen-bond donors (Lipinski definition) is 0. The Kier molecular flexibility index (Phi) is 9.21. The van der Waals surface area contributed by atoms with E-state index in [0.717, 1.165) is 28.3 Å². The molecule has 0 aliphatic rings. The maximum absolute atomic E-state index is 13.6. The maximum atomic E-state index is 13.6. The summed E-state index contributed by atoms with van der Waals surface area (Å²) in [5, 5.41) is 10.9. The zero-order valence-corrected chi connectivity index (χ0v) is 24.1. The summed E-state index contributed by atoms with van der Waals surface area (Å²) in [5.41, 5.74) is 0.689. The van der Waals surface area contributed by atoms with E-state index < -0.39 is 18.9 Å². The zero-order chi connectivity index (χ0) is 27.4. The van der Waals surface area contributed by atoms with Crippen molar-refractivity contribution in [2.45, 2.75) is 25.6 Å². The van der Waals surface area contributed by atoms with Gasteiger partial charge in [0.2, 0.25) is 0 Å². The Morgan fingerprint density at radius 3 is 2.37 bits per heavy atom. The van der Waals surface area contributed by atoms with Gasteiger partial charge in [-0.3, -0.25) is 13.9 Å². The predicted molar refractivity (Wildman–Crippen MR) is 150 cm³/mol. The molecule has 2 aromatic heterocycles. The van der Waals surface area contributed by atoms with E-state index in [4.69, 9.17) is 41.2 Å². The molecule has 4 rings (SSSR count). The summed E-state index contributed by atoms with van der Waals surface area (Å²) in [6, 6.07) is 11.4. The average Bonchev–Trinajstić information content (AvgIpc) is 3.35. The predicted octanol–water partition coefficient (Wildman–Crippen LogP) is 6.85. The first-order valence-corrected chi connectivity index (χ1v) is 15.4. The van der Waals surface area contributed by atoms with Gasteiger partial charge in [0.15, 0.2) is 16.5 Å². The van der Waals surface area contributed by atoms with Gasteiger partial charge in [-0.2, -0.15) is 10.0 Å². The second-order valence-electron chi connectivity index (χ2n) is 7.45. The van der Waals surface area contributed by atoms with Crippen LogP contribution in [-0.2, 0) is 25.4 Å². The Morgan fingerprint density at radius 2 is 1.68 bits per heavy atom. The van der Waals surface area contributed by atoms with Gasteiger partial charge in [0.25, 0.3) is 5.56 Å². The largest absolute Gasteiger partial charge is 0.420 e. The maximum Gasteiger partial charge on any atom is 0.420 e. The molecule has 0 amide bonds. The van der Waals surface area contributed by atoms with Gasteiger partial charge in [-0.25, -0.2) is 4.79 Å². The van der Waals surface area contributed by atoms with Gasteiger partial charge in [-0.05, 0) is 44.2 Å². The fourth-order valence-corrected chi connectivity index (χ4v) is 8.10. The molecule has 0 saturated carbocycles. The fourth-order valence-electron chi connectivity index (χ4n) is 3.43. The molecule has 0 radical (unpaired) electrons. The second-order valence-corrected chi connectivity index (χ2v) is 12.5. The smallest absolute Gasteiger partial charge is 0.408 e. The van der Waals surface area contributed by atoms with Crippen molar-refractivity contribution in [3.05, 3.63) is 76.9 Å². The van der Waals surface area contributed by atoms with E-state index in [9.17, 15) is 19.4 Å². The normalized spacial score (nSPS) is 12.7. The Labute approximate surface area is 234 Å². The molecule has 0 fully saturated rings. The number of benzene rings is 2. The highest BCUT2D eigenvalue weighted by molar-refractivity contribution is 8.21. The van der Waals surface area contributed by atoms with Gasteiger partial charge >= 0.3 is 13.4 Å². The molecule has 0 aliphatic heterocycles. The highest BCUT2D eigenvalue weighted by Gasteiger charge is 2.34. The highest BCUT2D eigenvalue weighted by Crippen LogP contribution is 2.59. The van der Waals surface area contributed by atoms with Crippen LogP contribution in [0.5, 0.6) is 0 Å². The minimum Gasteiger partial charge on any atom is -0.408 e. The molecule has 0 aliphatic carbocycles. The Bertz CT molecular complexity index is 1720. The number of nitriles is 1. The van der Waals surface area contributed by atoms with Crippen LogP contribution in [0, 0.1) is 11.3 Å². The highest BCUT2D eigenvalue weighted by atomic mass is 35.5. The molecule has 0 spiro atoms. The molecule has 200 valence electrons. The van der Waals surface area contributed by atoms with E-state index >= 15 is 0 Å². The van der Waals surface area contributed by atoms with Crippen molar-refractivity contribution in [3.8, 4) is 6.07 Å². The number of allylic oxidation sites excluding steroid dienone is 1. The molecule has 15 heteroatoms. The van der Waals surface area contributed by atoms with Crippen LogP contribution in [0.1, 0.15) is 13.8 Å². The van der Waals surface area contributed by atoms with Crippen molar-refractivity contribution in [3.63, 3.8) is 0 Å². The van der Waals surface area contributed by atoms with Crippen LogP contribution < -0.4 is 11.3 Å². The Hall–Kier alpha value is -2.36. The number of halogens is 2. The van der Waals surface area contributed by atoms with Gasteiger partial charge < -0.3 is 18.0 Å². The van der Waals surface area contributed by atoms with Crippen LogP contribution >= 0.6 is 54.3 Å². The molecule has 38 heavy (non-hydrogen) atoms. The summed E-state index contributed by atoms with van der Waals surface area (Å²) in [7, 11) is -4.01. The number of hydrogen-bond acceptors (Lipinski definition) is 10. The minimum absolute atomic E-state index is 0.0101. The first-order chi connectivity index (χ1) is 18.2.